The number of aromatic nitrogens is 2. The van der Waals surface area contributed by atoms with Crippen molar-refractivity contribution in [3.8, 4) is 0 Å². The summed E-state index contributed by atoms with van der Waals surface area (Å²) in [7, 11) is 1.98. The largest absolute Gasteiger partial charge is 0.339 e. The Morgan fingerprint density at radius 2 is 2.09 bits per heavy atom. The smallest absolute Gasteiger partial charge is 0.231 e. The lowest BCUT2D eigenvalue weighted by Crippen LogP contribution is -2.44. The summed E-state index contributed by atoms with van der Waals surface area (Å²) in [4.78, 5) is 6.39. The Bertz CT molecular complexity index is 617. The second-order valence-corrected chi connectivity index (χ2v) is 5.12. The summed E-state index contributed by atoms with van der Waals surface area (Å²) in [6, 6.07) is 3.78. The molecule has 0 aliphatic carbocycles. The van der Waals surface area contributed by atoms with E-state index in [1.165, 1.54) is 18.2 Å². The fourth-order valence-electron chi connectivity index (χ4n) is 2.42. The normalized spacial score (nSPS) is 19.0. The van der Waals surface area contributed by atoms with Gasteiger partial charge in [-0.05, 0) is 19.2 Å². The average molecular weight is 331 g/mol. The molecule has 1 N–H and O–H groups in total. The van der Waals surface area contributed by atoms with Crippen LogP contribution in [-0.4, -0.2) is 41.7 Å². The highest BCUT2D eigenvalue weighted by molar-refractivity contribution is 5.85. The van der Waals surface area contributed by atoms with Gasteiger partial charge in [-0.3, -0.25) is 4.90 Å². The number of nitrogens with zero attached hydrogens (tertiary/aromatic N) is 3. The number of nitrogens with one attached hydrogen (secondary N) is 1. The zero-order valence-electron chi connectivity index (χ0n) is 12.1. The second-order valence-electron chi connectivity index (χ2n) is 5.12. The van der Waals surface area contributed by atoms with E-state index in [0.29, 0.717) is 5.82 Å². The van der Waals surface area contributed by atoms with E-state index in [1.807, 2.05) is 7.05 Å². The molecule has 0 saturated carbocycles. The van der Waals surface area contributed by atoms with Crippen molar-refractivity contribution in [3.63, 3.8) is 0 Å². The SMILES string of the molecule is CN1CCNCC1c1noc(Cc2c(F)cccc2F)n1.Cl. The van der Waals surface area contributed by atoms with Crippen molar-refractivity contribution in [3.05, 3.63) is 47.1 Å². The minimum atomic E-state index is -0.605. The molecule has 2 heterocycles. The van der Waals surface area contributed by atoms with E-state index in [1.54, 1.807) is 0 Å². The Balaban J connectivity index is 0.00000176. The number of benzene rings is 1. The topological polar surface area (TPSA) is 54.2 Å². The summed E-state index contributed by atoms with van der Waals surface area (Å²) in [5.74, 6) is -0.457. The average Bonchev–Trinajstić information content (AvgIpc) is 2.92. The van der Waals surface area contributed by atoms with E-state index in [0.717, 1.165) is 19.6 Å². The van der Waals surface area contributed by atoms with Gasteiger partial charge in [0.05, 0.1) is 12.5 Å². The lowest BCUT2D eigenvalue weighted by Gasteiger charge is -2.30. The van der Waals surface area contributed by atoms with Crippen LogP contribution in [0.15, 0.2) is 22.7 Å². The molecule has 1 atom stereocenters. The van der Waals surface area contributed by atoms with Gasteiger partial charge in [-0.25, -0.2) is 8.78 Å². The van der Waals surface area contributed by atoms with Crippen LogP contribution >= 0.6 is 12.4 Å². The maximum absolute atomic E-state index is 13.6. The van der Waals surface area contributed by atoms with Crippen LogP contribution in [0.4, 0.5) is 8.78 Å². The standard InChI is InChI=1S/C14H16F2N4O.ClH/c1-20-6-5-17-8-12(20)14-18-13(21-19-14)7-9-10(15)3-2-4-11(9)16;/h2-4,12,17H,5-8H2,1H3;1H. The maximum atomic E-state index is 13.6. The molecule has 3 rings (SSSR count). The minimum Gasteiger partial charge on any atom is -0.339 e. The molecule has 1 aliphatic heterocycles. The van der Waals surface area contributed by atoms with Gasteiger partial charge in [-0.15, -0.1) is 12.4 Å². The first kappa shape index (κ1) is 16.8. The molecular formula is C14H17ClF2N4O. The van der Waals surface area contributed by atoms with Crippen molar-refractivity contribution >= 4 is 12.4 Å². The highest BCUT2D eigenvalue weighted by atomic mass is 35.5. The fourth-order valence-corrected chi connectivity index (χ4v) is 2.42. The number of piperazine rings is 1. The van der Waals surface area contributed by atoms with Gasteiger partial charge in [-0.2, -0.15) is 4.98 Å². The van der Waals surface area contributed by atoms with E-state index < -0.39 is 11.6 Å². The predicted octanol–water partition coefficient (Wildman–Crippen LogP) is 1.94. The number of hydrogen-bond acceptors (Lipinski definition) is 5. The van der Waals surface area contributed by atoms with Crippen LogP contribution in [0.1, 0.15) is 23.3 Å². The molecule has 1 unspecified atom stereocenters. The number of rotatable bonds is 3. The summed E-state index contributed by atoms with van der Waals surface area (Å²) >= 11 is 0. The van der Waals surface area contributed by atoms with Crippen LogP contribution in [0.5, 0.6) is 0 Å². The molecule has 0 bridgehead atoms. The van der Waals surface area contributed by atoms with Gasteiger partial charge >= 0.3 is 0 Å². The molecule has 0 spiro atoms. The molecule has 22 heavy (non-hydrogen) atoms. The third-order valence-corrected chi connectivity index (χ3v) is 3.68. The summed E-state index contributed by atoms with van der Waals surface area (Å²) in [5, 5.41) is 7.19. The van der Waals surface area contributed by atoms with Crippen molar-refractivity contribution in [1.29, 1.82) is 0 Å². The minimum absolute atomic E-state index is 0. The van der Waals surface area contributed by atoms with Gasteiger partial charge < -0.3 is 9.84 Å². The Morgan fingerprint density at radius 3 is 2.77 bits per heavy atom. The third-order valence-electron chi connectivity index (χ3n) is 3.68. The van der Waals surface area contributed by atoms with Crippen molar-refractivity contribution in [2.75, 3.05) is 26.7 Å². The van der Waals surface area contributed by atoms with Crippen molar-refractivity contribution in [2.24, 2.45) is 0 Å². The lowest BCUT2D eigenvalue weighted by molar-refractivity contribution is 0.190. The van der Waals surface area contributed by atoms with Crippen LogP contribution in [0.3, 0.4) is 0 Å². The molecule has 1 saturated heterocycles. The second kappa shape index (κ2) is 7.13. The third kappa shape index (κ3) is 3.43. The van der Waals surface area contributed by atoms with E-state index in [4.69, 9.17) is 4.52 Å². The van der Waals surface area contributed by atoms with Crippen molar-refractivity contribution < 1.29 is 13.3 Å². The first-order valence-corrected chi connectivity index (χ1v) is 6.81. The Hall–Kier alpha value is -1.57. The van der Waals surface area contributed by atoms with E-state index in [2.05, 4.69) is 20.4 Å². The van der Waals surface area contributed by atoms with E-state index in [-0.39, 0.29) is 36.3 Å². The Labute approximate surface area is 133 Å². The molecule has 2 aromatic rings. The zero-order valence-corrected chi connectivity index (χ0v) is 12.9. The monoisotopic (exact) mass is 330 g/mol. The quantitative estimate of drug-likeness (QED) is 0.932. The van der Waals surface area contributed by atoms with E-state index in [9.17, 15) is 8.78 Å². The van der Waals surface area contributed by atoms with Crippen LogP contribution in [-0.2, 0) is 6.42 Å². The fraction of sp³-hybridized carbons (Fsp3) is 0.429. The Morgan fingerprint density at radius 1 is 1.36 bits per heavy atom. The van der Waals surface area contributed by atoms with Gasteiger partial charge in [0.2, 0.25) is 5.89 Å². The van der Waals surface area contributed by atoms with Gasteiger partial charge in [0.25, 0.3) is 0 Å². The molecule has 5 nitrogen and oxygen atoms in total. The summed E-state index contributed by atoms with van der Waals surface area (Å²) < 4.78 is 32.4. The lowest BCUT2D eigenvalue weighted by atomic mass is 10.1. The molecule has 1 fully saturated rings. The highest BCUT2D eigenvalue weighted by Gasteiger charge is 2.25. The predicted molar refractivity (Wildman–Crippen MR) is 79.0 cm³/mol. The summed E-state index contributed by atoms with van der Waals surface area (Å²) in [6.07, 6.45) is -0.0463. The van der Waals surface area contributed by atoms with E-state index >= 15 is 0 Å². The molecule has 0 radical (unpaired) electrons. The van der Waals surface area contributed by atoms with Crippen LogP contribution in [0, 0.1) is 11.6 Å². The molecule has 8 heteroatoms. The van der Waals surface area contributed by atoms with Gasteiger partial charge in [0, 0.05) is 25.2 Å². The first-order chi connectivity index (χ1) is 10.1. The Kier molecular flexibility index (Phi) is 5.44. The molecular weight excluding hydrogens is 314 g/mol. The number of likely N-dealkylation sites (N-methyl/N-ethyl adjacent to an activating group) is 1. The number of hydrogen-bond donors (Lipinski definition) is 1. The molecule has 1 aliphatic rings. The van der Waals surface area contributed by atoms with Crippen LogP contribution in [0.25, 0.3) is 0 Å². The first-order valence-electron chi connectivity index (χ1n) is 6.81. The number of halogens is 3. The van der Waals surface area contributed by atoms with Crippen molar-refractivity contribution in [2.45, 2.75) is 12.5 Å². The highest BCUT2D eigenvalue weighted by Crippen LogP contribution is 2.20. The zero-order chi connectivity index (χ0) is 14.8. The van der Waals surface area contributed by atoms with Gasteiger partial charge in [0.15, 0.2) is 5.82 Å². The van der Waals surface area contributed by atoms with Crippen molar-refractivity contribution in [1.82, 2.24) is 20.4 Å². The molecule has 1 aromatic carbocycles. The van der Waals surface area contributed by atoms with Crippen LogP contribution < -0.4 is 5.32 Å². The molecule has 120 valence electrons. The van der Waals surface area contributed by atoms with Crippen LogP contribution in [0.2, 0.25) is 0 Å². The van der Waals surface area contributed by atoms with Gasteiger partial charge in [-0.1, -0.05) is 11.2 Å². The molecule has 1 aromatic heterocycles. The summed E-state index contributed by atoms with van der Waals surface area (Å²) in [5.41, 5.74) is -0.0529. The summed E-state index contributed by atoms with van der Waals surface area (Å²) in [6.45, 7) is 2.53. The maximum Gasteiger partial charge on any atom is 0.231 e. The van der Waals surface area contributed by atoms with Gasteiger partial charge in [0.1, 0.15) is 11.6 Å². The molecule has 0 amide bonds.